The number of aromatic amines is 1. The van der Waals surface area contributed by atoms with E-state index in [1.165, 1.54) is 12.6 Å². The summed E-state index contributed by atoms with van der Waals surface area (Å²) >= 11 is 0. The fraction of sp³-hybridized carbons (Fsp3) is 0.346. The van der Waals surface area contributed by atoms with E-state index < -0.39 is 0 Å². The molecular formula is C26H30N6O2. The van der Waals surface area contributed by atoms with Gasteiger partial charge in [-0.15, -0.1) is 0 Å². The highest BCUT2D eigenvalue weighted by molar-refractivity contribution is 6.15. The van der Waals surface area contributed by atoms with Crippen molar-refractivity contribution < 1.29 is 4.79 Å². The van der Waals surface area contributed by atoms with Crippen molar-refractivity contribution in [1.29, 1.82) is 5.41 Å². The summed E-state index contributed by atoms with van der Waals surface area (Å²) in [5, 5.41) is 11.4. The summed E-state index contributed by atoms with van der Waals surface area (Å²) in [6.45, 7) is 0.735. The Hall–Kier alpha value is -3.65. The van der Waals surface area contributed by atoms with E-state index in [2.05, 4.69) is 20.3 Å². The van der Waals surface area contributed by atoms with Gasteiger partial charge in [-0.25, -0.2) is 9.97 Å². The molecule has 0 bridgehead atoms. The summed E-state index contributed by atoms with van der Waals surface area (Å²) in [6.07, 6.45) is 8.43. The van der Waals surface area contributed by atoms with E-state index in [4.69, 9.17) is 11.1 Å². The number of carbonyl (C=O) groups is 1. The van der Waals surface area contributed by atoms with Gasteiger partial charge in [0.15, 0.2) is 11.6 Å². The van der Waals surface area contributed by atoms with E-state index in [1.807, 2.05) is 37.4 Å². The number of nitrogens with zero attached hydrogens (tertiary/aromatic N) is 2. The molecule has 0 radical (unpaired) electrons. The van der Waals surface area contributed by atoms with Crippen LogP contribution in [0, 0.1) is 5.41 Å². The number of hydrogen-bond acceptors (Lipinski definition) is 7. The molecule has 0 amide bonds. The summed E-state index contributed by atoms with van der Waals surface area (Å²) < 4.78 is 0. The second-order valence-electron chi connectivity index (χ2n) is 8.80. The first-order valence-corrected chi connectivity index (χ1v) is 11.7. The van der Waals surface area contributed by atoms with Gasteiger partial charge in [-0.1, -0.05) is 43.5 Å². The van der Waals surface area contributed by atoms with Crippen LogP contribution in [0.2, 0.25) is 0 Å². The zero-order valence-corrected chi connectivity index (χ0v) is 19.4. The van der Waals surface area contributed by atoms with E-state index in [-0.39, 0.29) is 40.9 Å². The van der Waals surface area contributed by atoms with Crippen LogP contribution in [0.4, 0.5) is 5.82 Å². The molecule has 1 saturated carbocycles. The zero-order chi connectivity index (χ0) is 24.1. The monoisotopic (exact) mass is 458 g/mol. The minimum Gasteiger partial charge on any atom is -0.382 e. The van der Waals surface area contributed by atoms with Crippen LogP contribution < -0.4 is 16.6 Å². The summed E-state index contributed by atoms with van der Waals surface area (Å²) in [5.41, 5.74) is 9.82. The normalized spacial score (nSPS) is 14.1. The summed E-state index contributed by atoms with van der Waals surface area (Å²) in [7, 11) is 1.87. The number of aromatic nitrogens is 3. The van der Waals surface area contributed by atoms with Crippen molar-refractivity contribution in [2.75, 3.05) is 12.8 Å². The van der Waals surface area contributed by atoms with Crippen molar-refractivity contribution >= 4 is 17.3 Å². The van der Waals surface area contributed by atoms with Crippen LogP contribution in [0.3, 0.4) is 0 Å². The summed E-state index contributed by atoms with van der Waals surface area (Å²) in [4.78, 5) is 36.9. The van der Waals surface area contributed by atoms with Crippen molar-refractivity contribution in [3.8, 4) is 11.3 Å². The van der Waals surface area contributed by atoms with E-state index in [9.17, 15) is 9.59 Å². The molecular weight excluding hydrogens is 428 g/mol. The largest absolute Gasteiger partial charge is 0.382 e. The smallest absolute Gasteiger partial charge is 0.251 e. The quantitative estimate of drug-likeness (QED) is 0.299. The molecule has 4 rings (SSSR count). The average molecular weight is 459 g/mol. The minimum absolute atomic E-state index is 0.0304. The number of hydrogen-bond donors (Lipinski definition) is 4. The molecule has 2 heterocycles. The Morgan fingerprint density at radius 3 is 2.65 bits per heavy atom. The Morgan fingerprint density at radius 1 is 1.21 bits per heavy atom. The zero-order valence-electron chi connectivity index (χ0n) is 19.4. The number of anilines is 1. The predicted molar refractivity (Wildman–Crippen MR) is 133 cm³/mol. The Bertz CT molecular complexity index is 1240. The topological polar surface area (TPSA) is 138 Å². The number of carbonyl (C=O) groups excluding carboxylic acids is 1. The Morgan fingerprint density at radius 2 is 1.94 bits per heavy atom. The first-order valence-electron chi connectivity index (χ1n) is 11.7. The van der Waals surface area contributed by atoms with Gasteiger partial charge in [-0.05, 0) is 43.0 Å². The predicted octanol–water partition coefficient (Wildman–Crippen LogP) is 3.82. The van der Waals surface area contributed by atoms with Crippen molar-refractivity contribution in [2.45, 2.75) is 51.0 Å². The second kappa shape index (κ2) is 10.5. The lowest BCUT2D eigenvalue weighted by Crippen LogP contribution is -2.18. The lowest BCUT2D eigenvalue weighted by atomic mass is 9.84. The molecule has 1 aromatic carbocycles. The fourth-order valence-corrected chi connectivity index (χ4v) is 4.48. The van der Waals surface area contributed by atoms with Crippen LogP contribution in [0.5, 0.6) is 0 Å². The third-order valence-electron chi connectivity index (χ3n) is 6.36. The lowest BCUT2D eigenvalue weighted by Gasteiger charge is -2.21. The maximum Gasteiger partial charge on any atom is 0.251 e. The highest BCUT2D eigenvalue weighted by Gasteiger charge is 2.21. The molecule has 8 heteroatoms. The minimum atomic E-state index is -0.368. The molecule has 176 valence electrons. The molecule has 0 aliphatic heterocycles. The third kappa shape index (κ3) is 5.28. The molecule has 5 N–H and O–H groups in total. The molecule has 0 saturated heterocycles. The van der Waals surface area contributed by atoms with Gasteiger partial charge >= 0.3 is 0 Å². The van der Waals surface area contributed by atoms with Gasteiger partial charge < -0.3 is 21.4 Å². The number of benzene rings is 1. The molecule has 8 nitrogen and oxygen atoms in total. The maximum atomic E-state index is 13.0. The third-order valence-corrected chi connectivity index (χ3v) is 6.36. The number of pyridine rings is 1. The molecule has 0 spiro atoms. The number of nitrogens with one attached hydrogen (secondary N) is 3. The summed E-state index contributed by atoms with van der Waals surface area (Å²) in [6, 6.07) is 9.39. The van der Waals surface area contributed by atoms with Crippen LogP contribution >= 0.6 is 0 Å². The highest BCUT2D eigenvalue weighted by atomic mass is 16.1. The standard InChI is InChI=1S/C26H30N6O2/c1-29-13-16-7-9-18(10-8-16)21(27)12-23(33)24-25(28)30-15-22(32-24)19-11-20(26(34)31-14-19)17-5-3-2-4-6-17/h7-11,14-15,17,27,29H,2-6,12-13H2,1H3,(H2,28,30)(H,31,34). The summed E-state index contributed by atoms with van der Waals surface area (Å²) in [5.74, 6) is -0.101. The number of ketones is 1. The van der Waals surface area contributed by atoms with Gasteiger partial charge in [0.05, 0.1) is 18.3 Å². The molecule has 34 heavy (non-hydrogen) atoms. The van der Waals surface area contributed by atoms with Crippen molar-refractivity contribution in [2.24, 2.45) is 0 Å². The number of H-pyrrole nitrogens is 1. The van der Waals surface area contributed by atoms with Crippen molar-refractivity contribution in [1.82, 2.24) is 20.3 Å². The SMILES string of the molecule is CNCc1ccc(C(=N)CC(=O)c2nc(-c3c[nH]c(=O)c(C4CCCCC4)c3)cnc2N)cc1. The number of nitrogen functional groups attached to an aromatic ring is 1. The van der Waals surface area contributed by atoms with Gasteiger partial charge in [0.1, 0.15) is 5.69 Å². The van der Waals surface area contributed by atoms with Gasteiger partial charge in [-0.2, -0.15) is 0 Å². The molecule has 0 unspecified atom stereocenters. The fourth-order valence-electron chi connectivity index (χ4n) is 4.48. The molecule has 3 aromatic rings. The van der Waals surface area contributed by atoms with Gasteiger partial charge in [-0.3, -0.25) is 9.59 Å². The highest BCUT2D eigenvalue weighted by Crippen LogP contribution is 2.32. The van der Waals surface area contributed by atoms with Crippen LogP contribution in [-0.2, 0) is 6.54 Å². The van der Waals surface area contributed by atoms with Gasteiger partial charge in [0.2, 0.25) is 0 Å². The molecule has 2 aromatic heterocycles. The molecule has 1 fully saturated rings. The van der Waals surface area contributed by atoms with Crippen LogP contribution in [0.15, 0.2) is 47.5 Å². The van der Waals surface area contributed by atoms with Crippen LogP contribution in [0.1, 0.15) is 71.6 Å². The van der Waals surface area contributed by atoms with Crippen molar-refractivity contribution in [3.05, 3.63) is 75.5 Å². The Balaban J connectivity index is 1.55. The maximum absolute atomic E-state index is 13.0. The molecule has 0 atom stereocenters. The van der Waals surface area contributed by atoms with Crippen LogP contribution in [0.25, 0.3) is 11.3 Å². The lowest BCUT2D eigenvalue weighted by molar-refractivity contribution is 0.0996. The first kappa shape index (κ1) is 23.5. The van der Waals surface area contributed by atoms with E-state index in [1.54, 1.807) is 6.20 Å². The average Bonchev–Trinajstić information content (AvgIpc) is 2.86. The van der Waals surface area contributed by atoms with Crippen molar-refractivity contribution in [3.63, 3.8) is 0 Å². The van der Waals surface area contributed by atoms with E-state index >= 15 is 0 Å². The van der Waals surface area contributed by atoms with E-state index in [0.717, 1.165) is 43.4 Å². The van der Waals surface area contributed by atoms with Gasteiger partial charge in [0.25, 0.3) is 5.56 Å². The van der Waals surface area contributed by atoms with E-state index in [0.29, 0.717) is 16.8 Å². The number of nitrogens with two attached hydrogens (primary N) is 1. The van der Waals surface area contributed by atoms with Gasteiger partial charge in [0, 0.05) is 29.6 Å². The molecule has 1 aliphatic carbocycles. The van der Waals surface area contributed by atoms with Crippen LogP contribution in [-0.4, -0.2) is 33.5 Å². The number of Topliss-reactive ketones (excluding diaryl/α,β-unsaturated/α-hetero) is 1. The number of rotatable bonds is 8. The molecule has 1 aliphatic rings. The Kier molecular flexibility index (Phi) is 7.27. The Labute approximate surface area is 198 Å². The first-order chi connectivity index (χ1) is 16.5. The second-order valence-corrected chi connectivity index (χ2v) is 8.80.